The zero-order valence-electron chi connectivity index (χ0n) is 11.3. The molecule has 2 heterocycles. The quantitative estimate of drug-likeness (QED) is 0.867. The molecule has 0 aromatic carbocycles. The largest absolute Gasteiger partial charge is 0.481 e. The lowest BCUT2D eigenvalue weighted by molar-refractivity contribution is -0.150. The number of aromatic nitrogens is 4. The van der Waals surface area contributed by atoms with Gasteiger partial charge in [-0.15, -0.1) is 10.2 Å². The van der Waals surface area contributed by atoms with Gasteiger partial charge in [-0.25, -0.2) is 4.98 Å². The minimum atomic E-state index is -0.708. The van der Waals surface area contributed by atoms with Gasteiger partial charge >= 0.3 is 5.97 Å². The highest BCUT2D eigenvalue weighted by Gasteiger charge is 2.40. The number of carbonyl (C=O) groups is 1. The number of hydrogen-bond acceptors (Lipinski definition) is 4. The van der Waals surface area contributed by atoms with E-state index in [0.29, 0.717) is 18.0 Å². The van der Waals surface area contributed by atoms with E-state index in [4.69, 9.17) is 0 Å². The zero-order chi connectivity index (χ0) is 14.0. The average molecular weight is 274 g/mol. The van der Waals surface area contributed by atoms with Crippen LogP contribution in [0.1, 0.15) is 44.3 Å². The molecule has 20 heavy (non-hydrogen) atoms. The van der Waals surface area contributed by atoms with E-state index in [-0.39, 0.29) is 0 Å². The van der Waals surface area contributed by atoms with Crippen LogP contribution in [0.3, 0.4) is 0 Å². The van der Waals surface area contributed by atoms with Crippen molar-refractivity contribution in [2.75, 3.05) is 0 Å². The Morgan fingerprint density at radius 2 is 2.00 bits per heavy atom. The third kappa shape index (κ3) is 2.26. The highest BCUT2D eigenvalue weighted by molar-refractivity contribution is 5.75. The predicted octanol–water partition coefficient (Wildman–Crippen LogP) is 2.09. The summed E-state index contributed by atoms with van der Waals surface area (Å²) in [4.78, 5) is 15.9. The predicted molar refractivity (Wildman–Crippen MR) is 72.3 cm³/mol. The molecule has 2 aromatic rings. The second-order valence-corrected chi connectivity index (χ2v) is 5.58. The molecule has 1 aliphatic rings. The number of carboxylic acids is 1. The minimum absolute atomic E-state index is 0.426. The fourth-order valence-corrected chi connectivity index (χ4v) is 3.08. The summed E-state index contributed by atoms with van der Waals surface area (Å²) in [5.41, 5.74) is -0.699. The van der Waals surface area contributed by atoms with Gasteiger partial charge in [-0.2, -0.15) is 0 Å². The maximum Gasteiger partial charge on any atom is 0.310 e. The topological polar surface area (TPSA) is 80.4 Å². The Morgan fingerprint density at radius 1 is 1.25 bits per heavy atom. The molecule has 1 N–H and O–H groups in total. The molecule has 0 bridgehead atoms. The first-order valence-corrected chi connectivity index (χ1v) is 7.09. The van der Waals surface area contributed by atoms with Gasteiger partial charge in [0, 0.05) is 18.8 Å². The fourth-order valence-electron chi connectivity index (χ4n) is 3.08. The molecule has 0 amide bonds. The van der Waals surface area contributed by atoms with Gasteiger partial charge in [-0.3, -0.25) is 9.20 Å². The van der Waals surface area contributed by atoms with Crippen molar-refractivity contribution < 1.29 is 9.90 Å². The molecule has 0 spiro atoms. The second-order valence-electron chi connectivity index (χ2n) is 5.58. The standard InChI is InChI=1S/C14H18N4O2/c19-12(20)14(6-3-1-2-4-7-14)10-11-16-17-13-15-8-5-9-18(11)13/h5,8-9H,1-4,6-7,10H2,(H,19,20). The maximum absolute atomic E-state index is 11.8. The molecule has 2 aromatic heterocycles. The Labute approximate surface area is 116 Å². The Kier molecular flexibility index (Phi) is 3.38. The molecule has 6 nitrogen and oxygen atoms in total. The molecule has 1 saturated carbocycles. The van der Waals surface area contributed by atoms with Crippen molar-refractivity contribution in [1.29, 1.82) is 0 Å². The summed E-state index contributed by atoms with van der Waals surface area (Å²) < 4.78 is 1.79. The van der Waals surface area contributed by atoms with Crippen LogP contribution < -0.4 is 0 Å². The van der Waals surface area contributed by atoms with Crippen molar-refractivity contribution in [3.05, 3.63) is 24.3 Å². The van der Waals surface area contributed by atoms with Gasteiger partial charge in [-0.05, 0) is 18.9 Å². The van der Waals surface area contributed by atoms with Gasteiger partial charge in [0.1, 0.15) is 5.82 Å². The van der Waals surface area contributed by atoms with Crippen molar-refractivity contribution in [2.24, 2.45) is 5.41 Å². The van der Waals surface area contributed by atoms with Crippen LogP contribution in [-0.2, 0) is 11.2 Å². The van der Waals surface area contributed by atoms with Gasteiger partial charge in [0.15, 0.2) is 0 Å². The summed E-state index contributed by atoms with van der Waals surface area (Å²) in [6, 6.07) is 1.81. The van der Waals surface area contributed by atoms with Crippen molar-refractivity contribution in [1.82, 2.24) is 19.6 Å². The van der Waals surface area contributed by atoms with Crippen LogP contribution >= 0.6 is 0 Å². The number of aliphatic carboxylic acids is 1. The maximum atomic E-state index is 11.8. The summed E-state index contributed by atoms with van der Waals surface area (Å²) in [5, 5.41) is 17.9. The molecule has 6 heteroatoms. The highest BCUT2D eigenvalue weighted by Crippen LogP contribution is 2.38. The summed E-state index contributed by atoms with van der Waals surface area (Å²) in [5.74, 6) is 0.508. The van der Waals surface area contributed by atoms with Crippen LogP contribution in [-0.4, -0.2) is 30.7 Å². The minimum Gasteiger partial charge on any atom is -0.481 e. The summed E-state index contributed by atoms with van der Waals surface area (Å²) in [6.07, 6.45) is 9.55. The van der Waals surface area contributed by atoms with E-state index in [1.807, 2.05) is 6.20 Å². The normalized spacial score (nSPS) is 18.8. The van der Waals surface area contributed by atoms with Crippen LogP contribution in [0.15, 0.2) is 18.5 Å². The first-order chi connectivity index (χ1) is 9.71. The highest BCUT2D eigenvalue weighted by atomic mass is 16.4. The summed E-state index contributed by atoms with van der Waals surface area (Å²) in [6.45, 7) is 0. The average Bonchev–Trinajstić information content (AvgIpc) is 2.69. The van der Waals surface area contributed by atoms with E-state index < -0.39 is 11.4 Å². The number of fused-ring (bicyclic) bond motifs is 1. The molecular formula is C14H18N4O2. The third-order valence-electron chi connectivity index (χ3n) is 4.27. The number of hydrogen-bond donors (Lipinski definition) is 1. The second kappa shape index (κ2) is 5.19. The monoisotopic (exact) mass is 274 g/mol. The molecule has 0 aliphatic heterocycles. The van der Waals surface area contributed by atoms with E-state index in [2.05, 4.69) is 15.2 Å². The van der Waals surface area contributed by atoms with E-state index in [9.17, 15) is 9.90 Å². The SMILES string of the molecule is O=C(O)C1(Cc2nnc3ncccn23)CCCCCC1. The lowest BCUT2D eigenvalue weighted by Gasteiger charge is -2.27. The van der Waals surface area contributed by atoms with Crippen molar-refractivity contribution in [3.8, 4) is 0 Å². The smallest absolute Gasteiger partial charge is 0.310 e. The molecule has 106 valence electrons. The number of nitrogens with zero attached hydrogens (tertiary/aromatic N) is 4. The van der Waals surface area contributed by atoms with Crippen LogP contribution in [0.5, 0.6) is 0 Å². The van der Waals surface area contributed by atoms with Crippen LogP contribution in [0.2, 0.25) is 0 Å². The first-order valence-electron chi connectivity index (χ1n) is 7.09. The molecule has 0 atom stereocenters. The van der Waals surface area contributed by atoms with E-state index in [1.54, 1.807) is 16.7 Å². The van der Waals surface area contributed by atoms with Gasteiger partial charge in [0.2, 0.25) is 0 Å². The van der Waals surface area contributed by atoms with Crippen LogP contribution in [0, 0.1) is 5.41 Å². The fraction of sp³-hybridized carbons (Fsp3) is 0.571. The van der Waals surface area contributed by atoms with Crippen LogP contribution in [0.4, 0.5) is 0 Å². The molecule has 1 fully saturated rings. The van der Waals surface area contributed by atoms with E-state index in [0.717, 1.165) is 38.5 Å². The van der Waals surface area contributed by atoms with Crippen LogP contribution in [0.25, 0.3) is 5.78 Å². The number of carboxylic acid groups (broad SMARTS) is 1. The van der Waals surface area contributed by atoms with Gasteiger partial charge in [-0.1, -0.05) is 25.7 Å². The lowest BCUT2D eigenvalue weighted by atomic mass is 9.77. The Hall–Kier alpha value is -1.98. The van der Waals surface area contributed by atoms with E-state index >= 15 is 0 Å². The van der Waals surface area contributed by atoms with Crippen molar-refractivity contribution in [3.63, 3.8) is 0 Å². The summed E-state index contributed by atoms with van der Waals surface area (Å²) >= 11 is 0. The Morgan fingerprint density at radius 3 is 2.70 bits per heavy atom. The zero-order valence-corrected chi connectivity index (χ0v) is 11.3. The van der Waals surface area contributed by atoms with Crippen molar-refractivity contribution in [2.45, 2.75) is 44.9 Å². The molecule has 0 unspecified atom stereocenters. The van der Waals surface area contributed by atoms with Crippen molar-refractivity contribution >= 4 is 11.7 Å². The molecule has 3 rings (SSSR count). The third-order valence-corrected chi connectivity index (χ3v) is 4.27. The molecular weight excluding hydrogens is 256 g/mol. The first kappa shape index (κ1) is 13.0. The van der Waals surface area contributed by atoms with Gasteiger partial charge < -0.3 is 5.11 Å². The molecule has 1 aliphatic carbocycles. The Balaban J connectivity index is 1.95. The molecule has 0 saturated heterocycles. The summed E-state index contributed by atoms with van der Waals surface area (Å²) in [7, 11) is 0. The van der Waals surface area contributed by atoms with E-state index in [1.165, 1.54) is 0 Å². The molecule has 0 radical (unpaired) electrons. The lowest BCUT2D eigenvalue weighted by Crippen LogP contribution is -2.33. The van der Waals surface area contributed by atoms with Gasteiger partial charge in [0.25, 0.3) is 5.78 Å². The Bertz CT molecular complexity index is 614. The number of rotatable bonds is 3. The van der Waals surface area contributed by atoms with Gasteiger partial charge in [0.05, 0.1) is 5.41 Å².